The van der Waals surface area contributed by atoms with Crippen molar-refractivity contribution < 1.29 is 14.3 Å². The topological polar surface area (TPSA) is 58.6 Å². The van der Waals surface area contributed by atoms with E-state index in [1.807, 2.05) is 13.0 Å². The molecule has 0 bridgehead atoms. The number of ether oxygens (including phenoxy) is 1. The van der Waals surface area contributed by atoms with Gasteiger partial charge in [0, 0.05) is 12.6 Å². The number of anilines is 2. The second-order valence-electron chi connectivity index (χ2n) is 5.46. The lowest BCUT2D eigenvalue weighted by molar-refractivity contribution is -0.120. The van der Waals surface area contributed by atoms with Gasteiger partial charge in [0.05, 0.1) is 22.8 Å². The van der Waals surface area contributed by atoms with Gasteiger partial charge in [-0.1, -0.05) is 29.3 Å². The predicted octanol–water partition coefficient (Wildman–Crippen LogP) is 4.30. The summed E-state index contributed by atoms with van der Waals surface area (Å²) in [6.45, 7) is 3.14. The smallest absolute Gasteiger partial charge is 0.244 e. The normalized spacial score (nSPS) is 10.3. The van der Waals surface area contributed by atoms with Crippen molar-refractivity contribution in [1.82, 2.24) is 0 Å². The van der Waals surface area contributed by atoms with E-state index in [4.69, 9.17) is 27.9 Å². The average molecular weight is 381 g/mol. The molecule has 0 atom stereocenters. The van der Waals surface area contributed by atoms with E-state index in [9.17, 15) is 9.59 Å². The van der Waals surface area contributed by atoms with Gasteiger partial charge in [-0.05, 0) is 42.8 Å². The summed E-state index contributed by atoms with van der Waals surface area (Å²) >= 11 is 11.8. The number of hydrogen-bond acceptors (Lipinski definition) is 3. The molecule has 2 amide bonds. The van der Waals surface area contributed by atoms with E-state index >= 15 is 0 Å². The first-order valence-corrected chi connectivity index (χ1v) is 8.25. The zero-order valence-corrected chi connectivity index (χ0v) is 15.6. The maximum absolute atomic E-state index is 12.4. The molecular weight excluding hydrogens is 363 g/mol. The van der Waals surface area contributed by atoms with Crippen molar-refractivity contribution in [2.45, 2.75) is 13.8 Å². The molecule has 0 spiro atoms. The third-order valence-corrected chi connectivity index (χ3v) is 4.25. The van der Waals surface area contributed by atoms with Crippen molar-refractivity contribution in [2.75, 3.05) is 23.9 Å². The molecule has 0 aliphatic carbocycles. The van der Waals surface area contributed by atoms with E-state index in [-0.39, 0.29) is 18.4 Å². The van der Waals surface area contributed by atoms with Crippen molar-refractivity contribution >= 4 is 46.4 Å². The summed E-state index contributed by atoms with van der Waals surface area (Å²) in [5, 5.41) is 3.43. The molecule has 0 saturated heterocycles. The summed E-state index contributed by atoms with van der Waals surface area (Å²) in [5.41, 5.74) is 1.99. The molecule has 7 heteroatoms. The standard InChI is InChI=1S/C18H18Cl2N2O3/c1-11-4-7-17(25-3)16(8-11)22(12(2)23)10-18(24)21-13-5-6-14(19)15(20)9-13/h4-9H,10H2,1-3H3,(H,21,24). The fourth-order valence-electron chi connectivity index (χ4n) is 2.30. The van der Waals surface area contributed by atoms with Crippen LogP contribution in [-0.2, 0) is 9.59 Å². The first kappa shape index (κ1) is 19.1. The molecular formula is C18H18Cl2N2O3. The van der Waals surface area contributed by atoms with Crippen molar-refractivity contribution in [3.05, 3.63) is 52.0 Å². The summed E-state index contributed by atoms with van der Waals surface area (Å²) in [6.07, 6.45) is 0. The first-order chi connectivity index (χ1) is 11.8. The molecule has 1 N–H and O–H groups in total. The Bertz CT molecular complexity index is 809. The number of carbonyl (C=O) groups excluding carboxylic acids is 2. The number of carbonyl (C=O) groups is 2. The maximum atomic E-state index is 12.4. The highest BCUT2D eigenvalue weighted by Gasteiger charge is 2.20. The average Bonchev–Trinajstić information content (AvgIpc) is 2.55. The number of aryl methyl sites for hydroxylation is 1. The predicted molar refractivity (Wildman–Crippen MR) is 101 cm³/mol. The van der Waals surface area contributed by atoms with Crippen LogP contribution in [0.15, 0.2) is 36.4 Å². The van der Waals surface area contributed by atoms with Gasteiger partial charge in [0.2, 0.25) is 11.8 Å². The van der Waals surface area contributed by atoms with Gasteiger partial charge < -0.3 is 10.1 Å². The second kappa shape index (κ2) is 8.23. The Labute approximate surface area is 156 Å². The lowest BCUT2D eigenvalue weighted by Gasteiger charge is -2.23. The zero-order chi connectivity index (χ0) is 18.6. The van der Waals surface area contributed by atoms with Crippen LogP contribution in [0, 0.1) is 6.92 Å². The SMILES string of the molecule is COc1ccc(C)cc1N(CC(=O)Nc1ccc(Cl)c(Cl)c1)C(C)=O. The molecule has 0 aromatic heterocycles. The highest BCUT2D eigenvalue weighted by Crippen LogP contribution is 2.30. The Morgan fingerprint density at radius 1 is 1.12 bits per heavy atom. The minimum Gasteiger partial charge on any atom is -0.495 e. The van der Waals surface area contributed by atoms with Crippen LogP contribution in [0.4, 0.5) is 11.4 Å². The minimum absolute atomic E-state index is 0.157. The van der Waals surface area contributed by atoms with Gasteiger partial charge in [-0.2, -0.15) is 0 Å². The van der Waals surface area contributed by atoms with E-state index in [1.54, 1.807) is 30.3 Å². The molecule has 5 nitrogen and oxygen atoms in total. The molecule has 2 aromatic carbocycles. The fourth-order valence-corrected chi connectivity index (χ4v) is 2.59. The number of rotatable bonds is 5. The molecule has 0 heterocycles. The van der Waals surface area contributed by atoms with E-state index in [0.717, 1.165) is 5.56 Å². The molecule has 25 heavy (non-hydrogen) atoms. The van der Waals surface area contributed by atoms with Crippen molar-refractivity contribution in [2.24, 2.45) is 0 Å². The number of halogens is 2. The lowest BCUT2D eigenvalue weighted by atomic mass is 10.2. The van der Waals surface area contributed by atoms with Crippen LogP contribution < -0.4 is 15.0 Å². The van der Waals surface area contributed by atoms with E-state index < -0.39 is 0 Å². The zero-order valence-electron chi connectivity index (χ0n) is 14.1. The third kappa shape index (κ3) is 4.87. The van der Waals surface area contributed by atoms with Gasteiger partial charge in [0.25, 0.3) is 0 Å². The molecule has 0 radical (unpaired) electrons. The number of benzene rings is 2. The lowest BCUT2D eigenvalue weighted by Crippen LogP contribution is -2.37. The van der Waals surface area contributed by atoms with Crippen LogP contribution in [0.25, 0.3) is 0 Å². The van der Waals surface area contributed by atoms with Gasteiger partial charge >= 0.3 is 0 Å². The molecule has 0 aliphatic heterocycles. The van der Waals surface area contributed by atoms with Crippen LogP contribution in [0.5, 0.6) is 5.75 Å². The van der Waals surface area contributed by atoms with Gasteiger partial charge in [0.15, 0.2) is 0 Å². The van der Waals surface area contributed by atoms with Gasteiger partial charge in [-0.25, -0.2) is 0 Å². The Hall–Kier alpha value is -2.24. The number of hydrogen-bond donors (Lipinski definition) is 1. The Kier molecular flexibility index (Phi) is 6.28. The van der Waals surface area contributed by atoms with Crippen LogP contribution in [0.3, 0.4) is 0 Å². The van der Waals surface area contributed by atoms with E-state index in [1.165, 1.54) is 18.9 Å². The molecule has 0 unspecified atom stereocenters. The van der Waals surface area contributed by atoms with Gasteiger partial charge in [0.1, 0.15) is 12.3 Å². The third-order valence-electron chi connectivity index (χ3n) is 3.51. The summed E-state index contributed by atoms with van der Waals surface area (Å²) < 4.78 is 5.30. The summed E-state index contributed by atoms with van der Waals surface area (Å²) in [5.74, 6) is -0.117. The van der Waals surface area contributed by atoms with Crippen molar-refractivity contribution in [1.29, 1.82) is 0 Å². The van der Waals surface area contributed by atoms with Crippen molar-refractivity contribution in [3.63, 3.8) is 0 Å². The molecule has 2 aromatic rings. The van der Waals surface area contributed by atoms with Crippen LogP contribution in [0.1, 0.15) is 12.5 Å². The first-order valence-electron chi connectivity index (χ1n) is 7.49. The number of amides is 2. The Morgan fingerprint density at radius 3 is 2.44 bits per heavy atom. The Balaban J connectivity index is 2.21. The van der Waals surface area contributed by atoms with Gasteiger partial charge in [-0.15, -0.1) is 0 Å². The maximum Gasteiger partial charge on any atom is 0.244 e. The molecule has 0 aliphatic rings. The van der Waals surface area contributed by atoms with Crippen molar-refractivity contribution in [3.8, 4) is 5.75 Å². The quantitative estimate of drug-likeness (QED) is 0.840. The molecule has 2 rings (SSSR count). The number of nitrogens with one attached hydrogen (secondary N) is 1. The highest BCUT2D eigenvalue weighted by atomic mass is 35.5. The largest absolute Gasteiger partial charge is 0.495 e. The van der Waals surface area contributed by atoms with E-state index in [0.29, 0.717) is 27.2 Å². The monoisotopic (exact) mass is 380 g/mol. The van der Waals surface area contributed by atoms with Crippen LogP contribution >= 0.6 is 23.2 Å². The summed E-state index contributed by atoms with van der Waals surface area (Å²) in [4.78, 5) is 25.8. The van der Waals surface area contributed by atoms with E-state index in [2.05, 4.69) is 5.32 Å². The van der Waals surface area contributed by atoms with Crippen LogP contribution in [-0.4, -0.2) is 25.5 Å². The fraction of sp³-hybridized carbons (Fsp3) is 0.222. The number of nitrogens with zero attached hydrogens (tertiary/aromatic N) is 1. The summed E-state index contributed by atoms with van der Waals surface area (Å²) in [6, 6.07) is 10.2. The molecule has 0 fully saturated rings. The summed E-state index contributed by atoms with van der Waals surface area (Å²) in [7, 11) is 1.52. The molecule has 132 valence electrons. The Morgan fingerprint density at radius 2 is 1.84 bits per heavy atom. The minimum atomic E-state index is -0.364. The number of methoxy groups -OCH3 is 1. The van der Waals surface area contributed by atoms with Crippen LogP contribution in [0.2, 0.25) is 10.0 Å². The second-order valence-corrected chi connectivity index (χ2v) is 6.27. The molecule has 0 saturated carbocycles. The highest BCUT2D eigenvalue weighted by molar-refractivity contribution is 6.42. The van der Waals surface area contributed by atoms with Gasteiger partial charge in [-0.3, -0.25) is 14.5 Å².